The number of aliphatic hydroxyl groups is 1. The van der Waals surface area contributed by atoms with Crippen molar-refractivity contribution in [3.05, 3.63) is 17.4 Å². The summed E-state index contributed by atoms with van der Waals surface area (Å²) >= 11 is 0. The van der Waals surface area contributed by atoms with Crippen LogP contribution in [-0.4, -0.2) is 11.7 Å². The lowest BCUT2D eigenvalue weighted by Gasteiger charge is -1.93. The molecule has 0 fully saturated rings. The minimum atomic E-state index is 0.230. The Hall–Kier alpha value is -0.520. The van der Waals surface area contributed by atoms with Crippen LogP contribution in [0.5, 0.6) is 0 Å². The van der Waals surface area contributed by atoms with Gasteiger partial charge in [-0.15, -0.1) is 5.73 Å². The lowest BCUT2D eigenvalue weighted by atomic mass is 10.1. The van der Waals surface area contributed by atoms with Gasteiger partial charge >= 0.3 is 0 Å². The summed E-state index contributed by atoms with van der Waals surface area (Å²) in [5.74, 6) is 0. The van der Waals surface area contributed by atoms with E-state index >= 15 is 0 Å². The molecule has 0 aromatic carbocycles. The first kappa shape index (κ1) is 10.5. The van der Waals surface area contributed by atoms with Gasteiger partial charge in [-0.1, -0.05) is 13.3 Å². The van der Waals surface area contributed by atoms with E-state index in [-0.39, 0.29) is 6.61 Å². The van der Waals surface area contributed by atoms with Gasteiger partial charge in [0.25, 0.3) is 0 Å². The van der Waals surface area contributed by atoms with Crippen LogP contribution in [0, 0.1) is 0 Å². The van der Waals surface area contributed by atoms with Gasteiger partial charge in [-0.3, -0.25) is 0 Å². The van der Waals surface area contributed by atoms with Gasteiger partial charge in [0.05, 0.1) is 0 Å². The molecule has 1 nitrogen and oxygen atoms in total. The molecule has 0 unspecified atom stereocenters. The second kappa shape index (κ2) is 7.59. The highest BCUT2D eigenvalue weighted by Gasteiger charge is 1.85. The molecule has 0 rings (SSSR count). The lowest BCUT2D eigenvalue weighted by molar-refractivity contribution is 0.302. The second-order valence-electron chi connectivity index (χ2n) is 2.74. The fourth-order valence-corrected chi connectivity index (χ4v) is 0.825. The molecule has 0 amide bonds. The van der Waals surface area contributed by atoms with E-state index in [0.717, 1.165) is 12.8 Å². The summed E-state index contributed by atoms with van der Waals surface area (Å²) < 4.78 is 0. The fraction of sp³-hybridized carbons (Fsp3) is 0.700. The number of hydrogen-bond acceptors (Lipinski definition) is 1. The van der Waals surface area contributed by atoms with Crippen molar-refractivity contribution in [1.29, 1.82) is 0 Å². The van der Waals surface area contributed by atoms with Gasteiger partial charge in [0.15, 0.2) is 0 Å². The van der Waals surface area contributed by atoms with Crippen molar-refractivity contribution in [3.63, 3.8) is 0 Å². The summed E-state index contributed by atoms with van der Waals surface area (Å²) in [5.41, 5.74) is 4.44. The van der Waals surface area contributed by atoms with E-state index in [4.69, 9.17) is 5.11 Å². The Morgan fingerprint density at radius 3 is 2.82 bits per heavy atom. The predicted molar refractivity (Wildman–Crippen MR) is 48.5 cm³/mol. The third-order valence-corrected chi connectivity index (χ3v) is 1.53. The van der Waals surface area contributed by atoms with E-state index in [0.29, 0.717) is 0 Å². The minimum absolute atomic E-state index is 0.230. The Morgan fingerprint density at radius 1 is 1.55 bits per heavy atom. The molecule has 0 saturated carbocycles. The first-order chi connectivity index (χ1) is 5.31. The van der Waals surface area contributed by atoms with Gasteiger partial charge in [-0.2, -0.15) is 0 Å². The van der Waals surface area contributed by atoms with Gasteiger partial charge in [0.1, 0.15) is 0 Å². The predicted octanol–water partition coefficient (Wildman–Crippen LogP) is 2.66. The molecule has 0 aliphatic rings. The number of unbranched alkanes of at least 4 members (excludes halogenated alkanes) is 1. The van der Waals surface area contributed by atoms with Crippen LogP contribution in [0.3, 0.4) is 0 Å². The van der Waals surface area contributed by atoms with Crippen molar-refractivity contribution in [2.45, 2.75) is 39.5 Å². The van der Waals surface area contributed by atoms with Crippen molar-refractivity contribution in [2.24, 2.45) is 0 Å². The van der Waals surface area contributed by atoms with E-state index in [1.165, 1.54) is 18.4 Å². The molecule has 0 aliphatic carbocycles. The molecule has 64 valence electrons. The summed E-state index contributed by atoms with van der Waals surface area (Å²) in [4.78, 5) is 0. The van der Waals surface area contributed by atoms with Crippen LogP contribution in [0.25, 0.3) is 0 Å². The first-order valence-corrected chi connectivity index (χ1v) is 4.32. The molecular formula is C10H18O. The monoisotopic (exact) mass is 154 g/mol. The van der Waals surface area contributed by atoms with Crippen LogP contribution in [0.1, 0.15) is 39.5 Å². The fourth-order valence-electron chi connectivity index (χ4n) is 0.825. The van der Waals surface area contributed by atoms with E-state index < -0.39 is 0 Å². The third-order valence-electron chi connectivity index (χ3n) is 1.53. The normalized spacial score (nSPS) is 9.00. The average molecular weight is 154 g/mol. The smallest absolute Gasteiger partial charge is 0.0471 e. The summed E-state index contributed by atoms with van der Waals surface area (Å²) in [6, 6.07) is 0. The molecule has 0 radical (unpaired) electrons. The third kappa shape index (κ3) is 7.38. The molecule has 0 bridgehead atoms. The highest BCUT2D eigenvalue weighted by molar-refractivity contribution is 4.97. The zero-order valence-corrected chi connectivity index (χ0v) is 7.56. The summed E-state index contributed by atoms with van der Waals surface area (Å²) in [7, 11) is 0. The van der Waals surface area contributed by atoms with Crippen LogP contribution in [-0.2, 0) is 0 Å². The highest BCUT2D eigenvalue weighted by Crippen LogP contribution is 2.03. The Kier molecular flexibility index (Phi) is 7.23. The molecule has 1 heteroatoms. The van der Waals surface area contributed by atoms with Gasteiger partial charge < -0.3 is 5.11 Å². The maximum atomic E-state index is 8.47. The van der Waals surface area contributed by atoms with Crippen molar-refractivity contribution >= 4 is 0 Å². The average Bonchev–Trinajstić information content (AvgIpc) is 2.01. The van der Waals surface area contributed by atoms with Crippen molar-refractivity contribution < 1.29 is 5.11 Å². The minimum Gasteiger partial charge on any atom is -0.396 e. The Bertz CT molecular complexity index is 141. The van der Waals surface area contributed by atoms with Crippen LogP contribution in [0.2, 0.25) is 0 Å². The zero-order valence-electron chi connectivity index (χ0n) is 7.56. The lowest BCUT2D eigenvalue weighted by Crippen LogP contribution is -1.76. The topological polar surface area (TPSA) is 20.2 Å². The van der Waals surface area contributed by atoms with Crippen molar-refractivity contribution in [2.75, 3.05) is 6.61 Å². The molecular weight excluding hydrogens is 136 g/mol. The second-order valence-corrected chi connectivity index (χ2v) is 2.74. The Labute approximate surface area is 69.4 Å². The number of aliphatic hydroxyl groups excluding tert-OH is 1. The van der Waals surface area contributed by atoms with E-state index in [1.807, 2.05) is 6.08 Å². The van der Waals surface area contributed by atoms with Crippen LogP contribution < -0.4 is 0 Å². The number of hydrogen-bond donors (Lipinski definition) is 1. The first-order valence-electron chi connectivity index (χ1n) is 4.32. The summed E-state index contributed by atoms with van der Waals surface area (Å²) in [5, 5.41) is 8.47. The molecule has 0 heterocycles. The molecule has 0 saturated heterocycles. The highest BCUT2D eigenvalue weighted by atomic mass is 16.2. The maximum Gasteiger partial charge on any atom is 0.0471 e. The zero-order chi connectivity index (χ0) is 8.53. The molecule has 0 aliphatic heterocycles. The van der Waals surface area contributed by atoms with Gasteiger partial charge in [0, 0.05) is 6.61 Å². The van der Waals surface area contributed by atoms with E-state index in [2.05, 4.69) is 19.6 Å². The standard InChI is InChI=1S/C10H18O/c1-3-4-7-10(2)8-5-6-9-11/h5,11H,3-4,6-7,9H2,1-2H3. The van der Waals surface area contributed by atoms with Crippen molar-refractivity contribution in [1.82, 2.24) is 0 Å². The van der Waals surface area contributed by atoms with Crippen LogP contribution >= 0.6 is 0 Å². The molecule has 0 atom stereocenters. The Balaban J connectivity index is 3.60. The molecule has 0 spiro atoms. The summed E-state index contributed by atoms with van der Waals surface area (Å²) in [6.07, 6.45) is 6.25. The van der Waals surface area contributed by atoms with Gasteiger partial charge in [-0.05, 0) is 37.8 Å². The van der Waals surface area contributed by atoms with E-state index in [1.54, 1.807) is 0 Å². The molecule has 11 heavy (non-hydrogen) atoms. The molecule has 0 aromatic heterocycles. The van der Waals surface area contributed by atoms with Crippen LogP contribution in [0.4, 0.5) is 0 Å². The maximum absolute atomic E-state index is 8.47. The quantitative estimate of drug-likeness (QED) is 0.603. The molecule has 1 N–H and O–H groups in total. The van der Waals surface area contributed by atoms with Crippen molar-refractivity contribution in [3.8, 4) is 0 Å². The van der Waals surface area contributed by atoms with E-state index in [9.17, 15) is 0 Å². The SMILES string of the molecule is CCCCC(C)=C=CCCO. The Morgan fingerprint density at radius 2 is 2.27 bits per heavy atom. The largest absolute Gasteiger partial charge is 0.396 e. The van der Waals surface area contributed by atoms with Crippen LogP contribution in [0.15, 0.2) is 17.4 Å². The van der Waals surface area contributed by atoms with Gasteiger partial charge in [0.2, 0.25) is 0 Å². The van der Waals surface area contributed by atoms with Gasteiger partial charge in [-0.25, -0.2) is 0 Å². The summed E-state index contributed by atoms with van der Waals surface area (Å²) in [6.45, 7) is 4.50. The molecule has 0 aromatic rings. The number of rotatable bonds is 5.